The largest absolute Gasteiger partial charge is 0.346 e. The van der Waals surface area contributed by atoms with Crippen LogP contribution in [0.2, 0.25) is 0 Å². The molecule has 6 heteroatoms. The van der Waals surface area contributed by atoms with E-state index in [1.54, 1.807) is 4.90 Å². The number of aromatic nitrogens is 2. The number of carbonyl (C=O) groups excluding carboxylic acids is 2. The molecule has 1 aromatic heterocycles. The number of fused-ring (bicyclic) bond motifs is 1. The third kappa shape index (κ3) is 3.70. The fraction of sp³-hybridized carbons (Fsp3) is 0.375. The van der Waals surface area contributed by atoms with Gasteiger partial charge in [0, 0.05) is 18.7 Å². The minimum absolute atomic E-state index is 0.00585. The summed E-state index contributed by atoms with van der Waals surface area (Å²) in [6, 6.07) is 13.5. The van der Waals surface area contributed by atoms with Gasteiger partial charge in [-0.05, 0) is 49.1 Å². The highest BCUT2D eigenvalue weighted by molar-refractivity contribution is 6.01. The molecule has 2 N–H and O–H groups in total. The molecule has 0 saturated carbocycles. The van der Waals surface area contributed by atoms with Gasteiger partial charge in [-0.1, -0.05) is 38.1 Å². The number of nitrogens with zero attached hydrogens (tertiary/aromatic N) is 2. The fourth-order valence-corrected chi connectivity index (χ4v) is 4.09. The van der Waals surface area contributed by atoms with Crippen LogP contribution in [-0.4, -0.2) is 28.3 Å². The number of aromatic amines is 1. The molecule has 3 aromatic rings. The van der Waals surface area contributed by atoms with E-state index >= 15 is 0 Å². The molecule has 2 aromatic carbocycles. The zero-order valence-electron chi connectivity index (χ0n) is 17.9. The summed E-state index contributed by atoms with van der Waals surface area (Å²) in [6.45, 7) is 8.56. The number of nitrogens with one attached hydrogen (secondary N) is 2. The van der Waals surface area contributed by atoms with Gasteiger partial charge < -0.3 is 15.2 Å². The predicted octanol–water partition coefficient (Wildman–Crippen LogP) is 4.05. The number of carbonyl (C=O) groups is 2. The molecule has 156 valence electrons. The van der Waals surface area contributed by atoms with Gasteiger partial charge in [0.05, 0.1) is 23.0 Å². The number of anilines is 1. The number of hydrogen-bond donors (Lipinski definition) is 2. The molecule has 6 nitrogen and oxygen atoms in total. The van der Waals surface area contributed by atoms with E-state index in [2.05, 4.69) is 29.1 Å². The van der Waals surface area contributed by atoms with Gasteiger partial charge in [0.2, 0.25) is 11.8 Å². The van der Waals surface area contributed by atoms with E-state index in [1.165, 1.54) is 0 Å². The maximum absolute atomic E-state index is 13.1. The second kappa shape index (κ2) is 7.94. The molecule has 30 heavy (non-hydrogen) atoms. The van der Waals surface area contributed by atoms with E-state index in [1.807, 2.05) is 56.3 Å². The number of hydrogen-bond acceptors (Lipinski definition) is 3. The first-order valence-corrected chi connectivity index (χ1v) is 10.5. The summed E-state index contributed by atoms with van der Waals surface area (Å²) in [5.41, 5.74) is 4.94. The molecular weight excluding hydrogens is 376 g/mol. The maximum atomic E-state index is 13.1. The molecule has 2 unspecified atom stereocenters. The SMILES string of the molecule is Cc1cccc(N2CC(C(=O)NC(c3nc4ccccc4[nH]3)C(C)C)CC2=O)c1C. The zero-order chi connectivity index (χ0) is 21.4. The molecule has 1 aliphatic heterocycles. The topological polar surface area (TPSA) is 78.1 Å². The summed E-state index contributed by atoms with van der Waals surface area (Å²) in [4.78, 5) is 35.5. The normalized spacial score (nSPS) is 17.7. The molecule has 0 bridgehead atoms. The van der Waals surface area contributed by atoms with Crippen molar-refractivity contribution < 1.29 is 9.59 Å². The van der Waals surface area contributed by atoms with Gasteiger partial charge in [0.1, 0.15) is 5.82 Å². The average molecular weight is 405 g/mol. The number of H-pyrrole nitrogens is 1. The number of benzene rings is 2. The lowest BCUT2D eigenvalue weighted by molar-refractivity contribution is -0.127. The third-order valence-corrected chi connectivity index (χ3v) is 6.03. The molecule has 1 saturated heterocycles. The summed E-state index contributed by atoms with van der Waals surface area (Å²) in [5.74, 6) is 0.420. The molecule has 2 atom stereocenters. The molecule has 0 radical (unpaired) electrons. The Morgan fingerprint density at radius 1 is 1.17 bits per heavy atom. The van der Waals surface area contributed by atoms with Gasteiger partial charge in [-0.15, -0.1) is 0 Å². The Morgan fingerprint density at radius 3 is 2.67 bits per heavy atom. The van der Waals surface area contributed by atoms with Crippen molar-refractivity contribution in [2.45, 2.75) is 40.2 Å². The van der Waals surface area contributed by atoms with Crippen LogP contribution in [0.25, 0.3) is 11.0 Å². The number of imidazole rings is 1. The van der Waals surface area contributed by atoms with Gasteiger partial charge in [-0.2, -0.15) is 0 Å². The number of amides is 2. The van der Waals surface area contributed by atoms with Gasteiger partial charge in [0.25, 0.3) is 0 Å². The lowest BCUT2D eigenvalue weighted by atomic mass is 10.0. The van der Waals surface area contributed by atoms with E-state index in [4.69, 9.17) is 0 Å². The first kappa shape index (κ1) is 20.1. The van der Waals surface area contributed by atoms with Crippen molar-refractivity contribution in [1.82, 2.24) is 15.3 Å². The monoisotopic (exact) mass is 404 g/mol. The standard InChI is InChI=1S/C24H28N4O2/c1-14(2)22(23-25-18-9-5-6-10-19(18)26-23)27-24(30)17-12-21(29)28(13-17)20-11-7-8-15(3)16(20)4/h5-11,14,17,22H,12-13H2,1-4H3,(H,25,26)(H,27,30). The van der Waals surface area contributed by atoms with Crippen LogP contribution in [0, 0.1) is 25.7 Å². The first-order chi connectivity index (χ1) is 14.3. The van der Waals surface area contributed by atoms with Crippen LogP contribution in [-0.2, 0) is 9.59 Å². The average Bonchev–Trinajstić information content (AvgIpc) is 3.31. The van der Waals surface area contributed by atoms with Gasteiger partial charge >= 0.3 is 0 Å². The van der Waals surface area contributed by atoms with E-state index in [0.29, 0.717) is 6.54 Å². The lowest BCUT2D eigenvalue weighted by Gasteiger charge is -2.23. The third-order valence-electron chi connectivity index (χ3n) is 6.03. The molecule has 2 amide bonds. The van der Waals surface area contributed by atoms with E-state index in [-0.39, 0.29) is 36.1 Å². The minimum Gasteiger partial charge on any atom is -0.346 e. The minimum atomic E-state index is -0.372. The van der Waals surface area contributed by atoms with Gasteiger partial charge in [-0.25, -0.2) is 4.98 Å². The number of para-hydroxylation sites is 2. The van der Waals surface area contributed by atoms with Crippen LogP contribution in [0.1, 0.15) is 43.3 Å². The lowest BCUT2D eigenvalue weighted by Crippen LogP contribution is -2.38. The molecule has 1 aliphatic rings. The molecule has 0 aliphatic carbocycles. The maximum Gasteiger partial charge on any atom is 0.227 e. The van der Waals surface area contributed by atoms with Crippen molar-refractivity contribution in [2.24, 2.45) is 11.8 Å². The summed E-state index contributed by atoms with van der Waals surface area (Å²) in [5, 5.41) is 3.14. The second-order valence-corrected chi connectivity index (χ2v) is 8.49. The van der Waals surface area contributed by atoms with Crippen LogP contribution < -0.4 is 10.2 Å². The fourth-order valence-electron chi connectivity index (χ4n) is 4.09. The van der Waals surface area contributed by atoms with Crippen molar-refractivity contribution >= 4 is 28.5 Å². The Hall–Kier alpha value is -3.15. The summed E-state index contributed by atoms with van der Waals surface area (Å²) < 4.78 is 0. The van der Waals surface area contributed by atoms with Gasteiger partial charge in [0.15, 0.2) is 0 Å². The molecule has 4 rings (SSSR count). The van der Waals surface area contributed by atoms with Crippen molar-refractivity contribution in [3.05, 3.63) is 59.4 Å². The van der Waals surface area contributed by atoms with Crippen molar-refractivity contribution in [3.8, 4) is 0 Å². The van der Waals surface area contributed by atoms with Crippen LogP contribution in [0.4, 0.5) is 5.69 Å². The Morgan fingerprint density at radius 2 is 1.93 bits per heavy atom. The number of rotatable bonds is 5. The Labute approximate surface area is 176 Å². The predicted molar refractivity (Wildman–Crippen MR) is 118 cm³/mol. The zero-order valence-corrected chi connectivity index (χ0v) is 17.9. The molecular formula is C24H28N4O2. The van der Waals surface area contributed by atoms with Crippen molar-refractivity contribution in [3.63, 3.8) is 0 Å². The Bertz CT molecular complexity index is 1070. The summed E-state index contributed by atoms with van der Waals surface area (Å²) >= 11 is 0. The molecule has 2 heterocycles. The van der Waals surface area contributed by atoms with Crippen molar-refractivity contribution in [2.75, 3.05) is 11.4 Å². The molecule has 1 fully saturated rings. The van der Waals surface area contributed by atoms with Crippen LogP contribution in [0.15, 0.2) is 42.5 Å². The highest BCUT2D eigenvalue weighted by Crippen LogP contribution is 2.30. The van der Waals surface area contributed by atoms with Crippen LogP contribution >= 0.6 is 0 Å². The van der Waals surface area contributed by atoms with E-state index in [0.717, 1.165) is 33.7 Å². The highest BCUT2D eigenvalue weighted by Gasteiger charge is 2.37. The number of aryl methyl sites for hydroxylation is 1. The van der Waals surface area contributed by atoms with Crippen molar-refractivity contribution in [1.29, 1.82) is 0 Å². The first-order valence-electron chi connectivity index (χ1n) is 10.5. The van der Waals surface area contributed by atoms with E-state index in [9.17, 15) is 9.59 Å². The van der Waals surface area contributed by atoms with Crippen LogP contribution in [0.5, 0.6) is 0 Å². The quantitative estimate of drug-likeness (QED) is 0.673. The second-order valence-electron chi connectivity index (χ2n) is 8.49. The van der Waals surface area contributed by atoms with E-state index < -0.39 is 0 Å². The van der Waals surface area contributed by atoms with Gasteiger partial charge in [-0.3, -0.25) is 9.59 Å². The highest BCUT2D eigenvalue weighted by atomic mass is 16.2. The Kier molecular flexibility index (Phi) is 5.33. The smallest absolute Gasteiger partial charge is 0.227 e. The summed E-state index contributed by atoms with van der Waals surface area (Å²) in [7, 11) is 0. The summed E-state index contributed by atoms with van der Waals surface area (Å²) in [6.07, 6.45) is 0.226. The molecule has 0 spiro atoms. The Balaban J connectivity index is 1.52. The van der Waals surface area contributed by atoms with Crippen LogP contribution in [0.3, 0.4) is 0 Å².